The number of aromatic nitrogens is 7. The van der Waals surface area contributed by atoms with E-state index in [9.17, 15) is 5.11 Å². The van der Waals surface area contributed by atoms with Crippen LogP contribution in [0, 0.1) is 0 Å². The highest BCUT2D eigenvalue weighted by atomic mass is 16.2. The van der Waals surface area contributed by atoms with Gasteiger partial charge in [0.2, 0.25) is 0 Å². The Bertz CT molecular complexity index is 945. The van der Waals surface area contributed by atoms with E-state index in [1.54, 1.807) is 23.1 Å². The lowest BCUT2D eigenvalue weighted by Gasteiger charge is -1.85. The van der Waals surface area contributed by atoms with E-state index in [1.165, 1.54) is 10.8 Å². The van der Waals surface area contributed by atoms with Crippen LogP contribution in [-0.2, 0) is 0 Å². The van der Waals surface area contributed by atoms with Crippen molar-refractivity contribution in [2.24, 2.45) is 0 Å². The Hall–Kier alpha value is -2.90. The summed E-state index contributed by atoms with van der Waals surface area (Å²) in [7, 11) is 0. The average Bonchev–Trinajstić information content (AvgIpc) is 2.92. The fourth-order valence-electron chi connectivity index (χ4n) is 1.98. The molecule has 0 fully saturated rings. The molecule has 0 N–H and O–H groups in total. The van der Waals surface area contributed by atoms with Gasteiger partial charge < -0.3 is 5.11 Å². The van der Waals surface area contributed by atoms with Gasteiger partial charge in [0.1, 0.15) is 17.7 Å². The summed E-state index contributed by atoms with van der Waals surface area (Å²) in [4.78, 5) is 16.7. The SMILES string of the molecule is [O-]/C=c1/c2nccnc2[n+]2c3nccnc3nn12. The first-order chi connectivity index (χ1) is 8.90. The molecule has 0 aliphatic carbocycles. The summed E-state index contributed by atoms with van der Waals surface area (Å²) in [5.74, 6) is 0. The molecule has 0 spiro atoms. The third-order valence-electron chi connectivity index (χ3n) is 2.69. The lowest BCUT2D eigenvalue weighted by molar-refractivity contribution is -0.572. The Labute approximate surface area is 98.9 Å². The van der Waals surface area contributed by atoms with Gasteiger partial charge in [-0.15, -0.1) is 20.7 Å². The van der Waals surface area contributed by atoms with E-state index >= 15 is 0 Å². The van der Waals surface area contributed by atoms with Crippen LogP contribution in [0.5, 0.6) is 0 Å². The summed E-state index contributed by atoms with van der Waals surface area (Å²) in [5, 5.41) is 15.7. The average molecular weight is 239 g/mol. The van der Waals surface area contributed by atoms with Crippen LogP contribution in [0.4, 0.5) is 0 Å². The van der Waals surface area contributed by atoms with Gasteiger partial charge in [0.15, 0.2) is 5.52 Å². The third kappa shape index (κ3) is 0.943. The molecule has 4 aromatic heterocycles. The number of nitrogens with zero attached hydrogens (tertiary/aromatic N) is 7. The molecular weight excluding hydrogens is 234 g/mol. The quantitative estimate of drug-likeness (QED) is 0.318. The zero-order valence-electron chi connectivity index (χ0n) is 8.93. The van der Waals surface area contributed by atoms with Crippen LogP contribution in [0.25, 0.3) is 28.7 Å². The van der Waals surface area contributed by atoms with Gasteiger partial charge in [-0.3, -0.25) is 0 Å². The molecular formula is C10H5N7O. The fraction of sp³-hybridized carbons (Fsp3) is 0. The van der Waals surface area contributed by atoms with E-state index < -0.39 is 0 Å². The molecule has 0 aliphatic rings. The van der Waals surface area contributed by atoms with Crippen LogP contribution in [0.15, 0.2) is 24.8 Å². The van der Waals surface area contributed by atoms with Crippen molar-refractivity contribution in [1.29, 1.82) is 0 Å². The molecule has 0 bridgehead atoms. The van der Waals surface area contributed by atoms with Crippen molar-refractivity contribution < 1.29 is 9.62 Å². The van der Waals surface area contributed by atoms with Gasteiger partial charge in [-0.25, -0.2) is 9.97 Å². The van der Waals surface area contributed by atoms with Crippen LogP contribution in [-0.4, -0.2) is 29.7 Å². The highest BCUT2D eigenvalue weighted by Gasteiger charge is 2.21. The van der Waals surface area contributed by atoms with Crippen molar-refractivity contribution in [2.45, 2.75) is 0 Å². The summed E-state index contributed by atoms with van der Waals surface area (Å²) < 4.78 is 3.04. The van der Waals surface area contributed by atoms with Crippen LogP contribution >= 0.6 is 0 Å². The molecule has 0 saturated heterocycles. The molecule has 0 unspecified atom stereocenters. The highest BCUT2D eigenvalue weighted by Crippen LogP contribution is 2.02. The van der Waals surface area contributed by atoms with E-state index in [4.69, 9.17) is 0 Å². The lowest BCUT2D eigenvalue weighted by Crippen LogP contribution is -2.32. The van der Waals surface area contributed by atoms with Crippen molar-refractivity contribution in [3.63, 3.8) is 0 Å². The van der Waals surface area contributed by atoms with Gasteiger partial charge in [-0.2, -0.15) is 0 Å². The minimum atomic E-state index is 0.331. The summed E-state index contributed by atoms with van der Waals surface area (Å²) in [5.41, 5.74) is 2.01. The maximum absolute atomic E-state index is 11.2. The fourth-order valence-corrected chi connectivity index (χ4v) is 1.98. The Morgan fingerprint density at radius 2 is 1.72 bits per heavy atom. The second kappa shape index (κ2) is 3.06. The number of hydrogen-bond donors (Lipinski definition) is 0. The molecule has 4 heterocycles. The van der Waals surface area contributed by atoms with Gasteiger partial charge in [-0.1, -0.05) is 4.63 Å². The van der Waals surface area contributed by atoms with E-state index in [-0.39, 0.29) is 0 Å². The predicted molar refractivity (Wildman–Crippen MR) is 56.7 cm³/mol. The van der Waals surface area contributed by atoms with Gasteiger partial charge in [0.25, 0.3) is 5.65 Å². The molecule has 0 aliphatic heterocycles. The van der Waals surface area contributed by atoms with Crippen molar-refractivity contribution in [3.05, 3.63) is 30.1 Å². The van der Waals surface area contributed by atoms with E-state index in [0.717, 1.165) is 0 Å². The van der Waals surface area contributed by atoms with Crippen LogP contribution in [0.3, 0.4) is 0 Å². The maximum Gasteiger partial charge on any atom is 0.316 e. The molecule has 0 saturated carbocycles. The predicted octanol–water partition coefficient (Wildman–Crippen LogP) is -2.38. The molecule has 4 aromatic rings. The number of hydrogen-bond acceptors (Lipinski definition) is 6. The zero-order chi connectivity index (χ0) is 12.1. The van der Waals surface area contributed by atoms with E-state index in [2.05, 4.69) is 25.0 Å². The standard InChI is InChI=1S/C10H5N7O/c18-5-6-7-9(13-3-1-11-7)16-10-8(15-17(6)16)12-2-4-14-10/h1-5H. The number of fused-ring (bicyclic) bond motifs is 5. The largest absolute Gasteiger partial charge is 0.876 e. The zero-order valence-corrected chi connectivity index (χ0v) is 8.93. The first-order valence-corrected chi connectivity index (χ1v) is 5.16. The molecule has 4 rings (SSSR count). The molecule has 0 atom stereocenters. The van der Waals surface area contributed by atoms with Crippen molar-refractivity contribution >= 4 is 28.7 Å². The Morgan fingerprint density at radius 1 is 1.00 bits per heavy atom. The molecule has 86 valence electrons. The minimum Gasteiger partial charge on any atom is -0.876 e. The highest BCUT2D eigenvalue weighted by molar-refractivity contribution is 5.69. The second-order valence-corrected chi connectivity index (χ2v) is 3.64. The van der Waals surface area contributed by atoms with Crippen molar-refractivity contribution in [1.82, 2.24) is 29.7 Å². The Balaban J connectivity index is 2.45. The minimum absolute atomic E-state index is 0.331. The van der Waals surface area contributed by atoms with E-state index in [1.807, 2.05) is 0 Å². The molecule has 18 heavy (non-hydrogen) atoms. The summed E-state index contributed by atoms with van der Waals surface area (Å²) in [6, 6.07) is 0. The van der Waals surface area contributed by atoms with Gasteiger partial charge in [0.05, 0.1) is 12.4 Å². The topological polar surface area (TPSA) is 96.0 Å². The van der Waals surface area contributed by atoms with Gasteiger partial charge in [0, 0.05) is 0 Å². The molecule has 8 heteroatoms. The second-order valence-electron chi connectivity index (χ2n) is 3.64. The van der Waals surface area contributed by atoms with Crippen LogP contribution < -0.4 is 15.0 Å². The maximum atomic E-state index is 11.2. The summed E-state index contributed by atoms with van der Waals surface area (Å²) >= 11 is 0. The van der Waals surface area contributed by atoms with Gasteiger partial charge >= 0.3 is 11.3 Å². The first-order valence-electron chi connectivity index (χ1n) is 5.16. The first kappa shape index (κ1) is 9.16. The Kier molecular flexibility index (Phi) is 1.56. The van der Waals surface area contributed by atoms with Crippen molar-refractivity contribution in [2.75, 3.05) is 0 Å². The van der Waals surface area contributed by atoms with E-state index in [0.29, 0.717) is 34.1 Å². The summed E-state index contributed by atoms with van der Waals surface area (Å²) in [6.45, 7) is 0. The van der Waals surface area contributed by atoms with Gasteiger partial charge in [-0.05, 0) is 5.10 Å². The number of rotatable bonds is 0. The lowest BCUT2D eigenvalue weighted by atomic mass is 10.5. The molecule has 0 amide bonds. The smallest absolute Gasteiger partial charge is 0.316 e. The van der Waals surface area contributed by atoms with Crippen LogP contribution in [0.1, 0.15) is 0 Å². The Morgan fingerprint density at radius 3 is 2.56 bits per heavy atom. The van der Waals surface area contributed by atoms with Crippen molar-refractivity contribution in [3.8, 4) is 0 Å². The normalized spacial score (nSPS) is 13.0. The monoisotopic (exact) mass is 239 g/mol. The molecule has 0 aromatic carbocycles. The molecule has 8 nitrogen and oxygen atoms in total. The molecule has 0 radical (unpaired) electrons. The van der Waals surface area contributed by atoms with Crippen LogP contribution in [0.2, 0.25) is 0 Å². The summed E-state index contributed by atoms with van der Waals surface area (Å²) in [6.07, 6.45) is 6.89. The third-order valence-corrected chi connectivity index (χ3v) is 2.69.